The Kier molecular flexibility index (Phi) is 6.21. The molecule has 0 saturated carbocycles. The fraction of sp³-hybridized carbons (Fsp3) is 0.0741. The van der Waals surface area contributed by atoms with Crippen LogP contribution in [0.2, 0.25) is 0 Å². The van der Waals surface area contributed by atoms with Gasteiger partial charge in [0, 0.05) is 12.0 Å². The van der Waals surface area contributed by atoms with E-state index in [1.54, 1.807) is 18.2 Å². The van der Waals surface area contributed by atoms with E-state index in [4.69, 9.17) is 9.47 Å². The standard InChI is InChI=1S/C27H22O3/c28-20-22-16-17-25(27(19-22)29-24-14-8-3-9-15-24)30-26(23-12-6-2-7-13-23)18-21-10-4-1-5-11-21/h1-17,19-20,26H,18H2. The second-order valence-corrected chi connectivity index (χ2v) is 6.95. The van der Waals surface area contributed by atoms with Gasteiger partial charge in [0.2, 0.25) is 0 Å². The van der Waals surface area contributed by atoms with Gasteiger partial charge < -0.3 is 9.47 Å². The molecule has 0 radical (unpaired) electrons. The first-order valence-electron chi connectivity index (χ1n) is 9.89. The van der Waals surface area contributed by atoms with Gasteiger partial charge >= 0.3 is 0 Å². The molecule has 0 amide bonds. The smallest absolute Gasteiger partial charge is 0.170 e. The van der Waals surface area contributed by atoms with E-state index in [1.807, 2.05) is 66.7 Å². The number of benzene rings is 4. The Morgan fingerprint density at radius 1 is 0.700 bits per heavy atom. The zero-order valence-electron chi connectivity index (χ0n) is 16.5. The van der Waals surface area contributed by atoms with E-state index in [9.17, 15) is 4.79 Å². The molecule has 4 rings (SSSR count). The number of para-hydroxylation sites is 1. The summed E-state index contributed by atoms with van der Waals surface area (Å²) in [6.07, 6.45) is 1.32. The molecule has 0 saturated heterocycles. The van der Waals surface area contributed by atoms with Crippen molar-refractivity contribution in [2.75, 3.05) is 0 Å². The third-order valence-corrected chi connectivity index (χ3v) is 4.78. The molecule has 0 spiro atoms. The summed E-state index contributed by atoms with van der Waals surface area (Å²) < 4.78 is 12.5. The summed E-state index contributed by atoms with van der Waals surface area (Å²) in [4.78, 5) is 11.3. The first-order chi connectivity index (χ1) is 14.8. The average Bonchev–Trinajstić information content (AvgIpc) is 2.81. The number of carbonyl (C=O) groups excluding carboxylic acids is 1. The molecule has 4 aromatic rings. The van der Waals surface area contributed by atoms with Crippen molar-refractivity contribution in [2.45, 2.75) is 12.5 Å². The van der Waals surface area contributed by atoms with Gasteiger partial charge in [-0.2, -0.15) is 0 Å². The molecule has 1 unspecified atom stereocenters. The van der Waals surface area contributed by atoms with Crippen molar-refractivity contribution < 1.29 is 14.3 Å². The van der Waals surface area contributed by atoms with Gasteiger partial charge in [0.1, 0.15) is 18.1 Å². The quantitative estimate of drug-likeness (QED) is 0.314. The first-order valence-corrected chi connectivity index (χ1v) is 9.89. The first kappa shape index (κ1) is 19.5. The fourth-order valence-electron chi connectivity index (χ4n) is 3.27. The van der Waals surface area contributed by atoms with Crippen LogP contribution in [0.1, 0.15) is 27.6 Å². The van der Waals surface area contributed by atoms with Crippen molar-refractivity contribution >= 4 is 6.29 Å². The highest BCUT2D eigenvalue weighted by Crippen LogP contribution is 2.36. The number of ether oxygens (including phenoxy) is 2. The monoisotopic (exact) mass is 394 g/mol. The molecule has 0 N–H and O–H groups in total. The highest BCUT2D eigenvalue weighted by molar-refractivity contribution is 5.76. The summed E-state index contributed by atoms with van der Waals surface area (Å²) in [6.45, 7) is 0. The van der Waals surface area contributed by atoms with Crippen LogP contribution in [0.5, 0.6) is 17.2 Å². The Bertz CT molecular complexity index is 1080. The van der Waals surface area contributed by atoms with Crippen LogP contribution in [-0.2, 0) is 6.42 Å². The average molecular weight is 394 g/mol. The highest BCUT2D eigenvalue weighted by atomic mass is 16.5. The van der Waals surface area contributed by atoms with Gasteiger partial charge in [0.25, 0.3) is 0 Å². The molecule has 0 aromatic heterocycles. The molecule has 1 atom stereocenters. The summed E-state index contributed by atoms with van der Waals surface area (Å²) in [7, 11) is 0. The van der Waals surface area contributed by atoms with E-state index < -0.39 is 0 Å². The zero-order valence-corrected chi connectivity index (χ0v) is 16.5. The van der Waals surface area contributed by atoms with Gasteiger partial charge in [-0.05, 0) is 41.5 Å². The minimum Gasteiger partial charge on any atom is -0.481 e. The van der Waals surface area contributed by atoms with Crippen LogP contribution in [0.25, 0.3) is 0 Å². The normalized spacial score (nSPS) is 11.5. The van der Waals surface area contributed by atoms with E-state index >= 15 is 0 Å². The summed E-state index contributed by atoms with van der Waals surface area (Å²) in [5.41, 5.74) is 2.79. The van der Waals surface area contributed by atoms with E-state index in [0.717, 1.165) is 11.8 Å². The summed E-state index contributed by atoms with van der Waals surface area (Å²) >= 11 is 0. The molecule has 4 aromatic carbocycles. The molecule has 30 heavy (non-hydrogen) atoms. The summed E-state index contributed by atoms with van der Waals surface area (Å²) in [5, 5.41) is 0. The second kappa shape index (κ2) is 9.57. The Balaban J connectivity index is 1.67. The topological polar surface area (TPSA) is 35.5 Å². The van der Waals surface area contributed by atoms with Crippen LogP contribution >= 0.6 is 0 Å². The molecule has 148 valence electrons. The molecule has 0 aliphatic rings. The van der Waals surface area contributed by atoms with Gasteiger partial charge in [-0.1, -0.05) is 78.9 Å². The molecular weight excluding hydrogens is 372 g/mol. The second-order valence-electron chi connectivity index (χ2n) is 6.95. The number of hydrogen-bond acceptors (Lipinski definition) is 3. The zero-order chi connectivity index (χ0) is 20.6. The van der Waals surface area contributed by atoms with Gasteiger partial charge in [-0.15, -0.1) is 0 Å². The molecule has 0 bridgehead atoms. The van der Waals surface area contributed by atoms with Crippen LogP contribution in [0.3, 0.4) is 0 Å². The van der Waals surface area contributed by atoms with E-state index in [2.05, 4.69) is 24.3 Å². The minimum atomic E-state index is -0.200. The van der Waals surface area contributed by atoms with Crippen LogP contribution in [-0.4, -0.2) is 6.29 Å². The van der Waals surface area contributed by atoms with Crippen molar-refractivity contribution in [1.82, 2.24) is 0 Å². The number of aldehydes is 1. The van der Waals surface area contributed by atoms with Crippen LogP contribution in [0, 0.1) is 0 Å². The lowest BCUT2D eigenvalue weighted by Crippen LogP contribution is -2.11. The van der Waals surface area contributed by atoms with E-state index in [-0.39, 0.29) is 6.10 Å². The minimum absolute atomic E-state index is 0.200. The molecule has 0 fully saturated rings. The fourth-order valence-corrected chi connectivity index (χ4v) is 3.27. The number of carbonyl (C=O) groups is 1. The number of hydrogen-bond donors (Lipinski definition) is 0. The Labute approximate surface area is 176 Å². The predicted molar refractivity (Wildman–Crippen MR) is 118 cm³/mol. The lowest BCUT2D eigenvalue weighted by Gasteiger charge is -2.22. The maximum atomic E-state index is 11.3. The maximum Gasteiger partial charge on any atom is 0.170 e. The Morgan fingerprint density at radius 3 is 2.00 bits per heavy atom. The Hall–Kier alpha value is -3.85. The predicted octanol–water partition coefficient (Wildman–Crippen LogP) is 6.65. The molecular formula is C27H22O3. The van der Waals surface area contributed by atoms with Crippen LogP contribution in [0.15, 0.2) is 109 Å². The van der Waals surface area contributed by atoms with Crippen LogP contribution < -0.4 is 9.47 Å². The van der Waals surface area contributed by atoms with Crippen LogP contribution in [0.4, 0.5) is 0 Å². The number of rotatable bonds is 8. The molecule has 3 nitrogen and oxygen atoms in total. The van der Waals surface area contributed by atoms with Crippen molar-refractivity contribution in [3.63, 3.8) is 0 Å². The third kappa shape index (κ3) is 4.95. The molecule has 0 heterocycles. The summed E-state index contributed by atoms with van der Waals surface area (Å²) in [5.74, 6) is 1.79. The third-order valence-electron chi connectivity index (χ3n) is 4.78. The van der Waals surface area contributed by atoms with Gasteiger partial charge in [0.05, 0.1) is 0 Å². The van der Waals surface area contributed by atoms with E-state index in [1.165, 1.54) is 5.56 Å². The largest absolute Gasteiger partial charge is 0.481 e. The maximum absolute atomic E-state index is 11.3. The summed E-state index contributed by atoms with van der Waals surface area (Å²) in [6, 6.07) is 35.1. The van der Waals surface area contributed by atoms with Crippen molar-refractivity contribution in [3.05, 3.63) is 126 Å². The Morgan fingerprint density at radius 2 is 1.33 bits per heavy atom. The lowest BCUT2D eigenvalue weighted by molar-refractivity contribution is 0.112. The molecule has 0 aliphatic heterocycles. The SMILES string of the molecule is O=Cc1ccc(OC(Cc2ccccc2)c2ccccc2)c(Oc2ccccc2)c1. The van der Waals surface area contributed by atoms with Gasteiger partial charge in [-0.25, -0.2) is 0 Å². The van der Waals surface area contributed by atoms with Gasteiger partial charge in [-0.3, -0.25) is 4.79 Å². The molecule has 0 aliphatic carbocycles. The highest BCUT2D eigenvalue weighted by Gasteiger charge is 2.18. The lowest BCUT2D eigenvalue weighted by atomic mass is 10.0. The molecule has 3 heteroatoms. The van der Waals surface area contributed by atoms with Crippen molar-refractivity contribution in [3.8, 4) is 17.2 Å². The van der Waals surface area contributed by atoms with Crippen molar-refractivity contribution in [2.24, 2.45) is 0 Å². The van der Waals surface area contributed by atoms with E-state index in [0.29, 0.717) is 29.2 Å². The van der Waals surface area contributed by atoms with Gasteiger partial charge in [0.15, 0.2) is 11.5 Å². The van der Waals surface area contributed by atoms with Crippen molar-refractivity contribution in [1.29, 1.82) is 0 Å².